The van der Waals surface area contributed by atoms with Gasteiger partial charge in [0.25, 0.3) is 0 Å². The normalized spacial score (nSPS) is 12.7. The lowest BCUT2D eigenvalue weighted by atomic mass is 10.0. The molecule has 0 amide bonds. The summed E-state index contributed by atoms with van der Waals surface area (Å²) in [5, 5.41) is 0.725. The molecule has 1 heterocycles. The maximum atomic E-state index is 6.07. The van der Waals surface area contributed by atoms with E-state index >= 15 is 0 Å². The first kappa shape index (κ1) is 10.3. The van der Waals surface area contributed by atoms with E-state index in [2.05, 4.69) is 0 Å². The van der Waals surface area contributed by atoms with Gasteiger partial charge in [-0.05, 0) is 42.3 Å². The van der Waals surface area contributed by atoms with E-state index in [9.17, 15) is 0 Å². The van der Waals surface area contributed by atoms with Crippen LogP contribution in [0.15, 0.2) is 41.0 Å². The van der Waals surface area contributed by atoms with E-state index in [1.165, 1.54) is 0 Å². The first-order valence-corrected chi connectivity index (χ1v) is 5.11. The average molecular weight is 222 g/mol. The molecular formula is C12H12ClNO. The van der Waals surface area contributed by atoms with E-state index in [0.717, 1.165) is 21.9 Å². The predicted molar refractivity (Wildman–Crippen MR) is 60.9 cm³/mol. The molecule has 0 fully saturated rings. The summed E-state index contributed by atoms with van der Waals surface area (Å²) >= 11 is 5.88. The van der Waals surface area contributed by atoms with Crippen molar-refractivity contribution in [3.63, 3.8) is 0 Å². The van der Waals surface area contributed by atoms with E-state index in [-0.39, 0.29) is 6.04 Å². The van der Waals surface area contributed by atoms with E-state index in [1.807, 2.05) is 37.3 Å². The largest absolute Gasteiger partial charge is 0.467 e. The van der Waals surface area contributed by atoms with Crippen molar-refractivity contribution in [2.24, 2.45) is 5.73 Å². The molecule has 0 aliphatic heterocycles. The third-order valence-electron chi connectivity index (χ3n) is 2.42. The van der Waals surface area contributed by atoms with Gasteiger partial charge in [-0.2, -0.15) is 0 Å². The van der Waals surface area contributed by atoms with Crippen molar-refractivity contribution in [1.29, 1.82) is 0 Å². The lowest BCUT2D eigenvalue weighted by molar-refractivity contribution is 0.489. The molecule has 2 N–H and O–H groups in total. The third kappa shape index (κ3) is 2.06. The SMILES string of the molecule is Cc1cc(Cl)ccc1C(N)c1ccco1. The van der Waals surface area contributed by atoms with Gasteiger partial charge in [0, 0.05) is 5.02 Å². The highest BCUT2D eigenvalue weighted by Crippen LogP contribution is 2.24. The van der Waals surface area contributed by atoms with Gasteiger partial charge in [0.2, 0.25) is 0 Å². The number of aryl methyl sites for hydroxylation is 1. The van der Waals surface area contributed by atoms with Crippen molar-refractivity contribution < 1.29 is 4.42 Å². The molecule has 0 aliphatic rings. The summed E-state index contributed by atoms with van der Waals surface area (Å²) in [5.74, 6) is 0.764. The van der Waals surface area contributed by atoms with Crippen LogP contribution in [0, 0.1) is 6.92 Å². The van der Waals surface area contributed by atoms with Crippen LogP contribution in [0.4, 0.5) is 0 Å². The highest BCUT2D eigenvalue weighted by Gasteiger charge is 2.13. The van der Waals surface area contributed by atoms with Gasteiger partial charge in [0.15, 0.2) is 0 Å². The van der Waals surface area contributed by atoms with Gasteiger partial charge in [-0.3, -0.25) is 0 Å². The molecule has 2 aromatic rings. The van der Waals surface area contributed by atoms with Gasteiger partial charge >= 0.3 is 0 Å². The molecule has 0 aliphatic carbocycles. The van der Waals surface area contributed by atoms with Crippen molar-refractivity contribution in [3.8, 4) is 0 Å². The first-order chi connectivity index (χ1) is 7.18. The molecule has 0 spiro atoms. The number of benzene rings is 1. The van der Waals surface area contributed by atoms with Gasteiger partial charge in [-0.1, -0.05) is 17.7 Å². The molecular weight excluding hydrogens is 210 g/mol. The van der Waals surface area contributed by atoms with Crippen LogP contribution in [0.5, 0.6) is 0 Å². The summed E-state index contributed by atoms with van der Waals surface area (Å²) in [6, 6.07) is 9.16. The van der Waals surface area contributed by atoms with Crippen LogP contribution in [-0.4, -0.2) is 0 Å². The lowest BCUT2D eigenvalue weighted by Crippen LogP contribution is -2.12. The Balaban J connectivity index is 2.38. The maximum Gasteiger partial charge on any atom is 0.125 e. The zero-order valence-corrected chi connectivity index (χ0v) is 9.16. The van der Waals surface area contributed by atoms with Crippen LogP contribution in [0.25, 0.3) is 0 Å². The Morgan fingerprint density at radius 2 is 2.13 bits per heavy atom. The summed E-state index contributed by atoms with van der Waals surface area (Å²) in [6.45, 7) is 1.99. The fraction of sp³-hybridized carbons (Fsp3) is 0.167. The molecule has 0 saturated carbocycles. The fourth-order valence-electron chi connectivity index (χ4n) is 1.61. The van der Waals surface area contributed by atoms with Crippen LogP contribution >= 0.6 is 11.6 Å². The molecule has 2 rings (SSSR count). The molecule has 1 aromatic heterocycles. The Hall–Kier alpha value is -1.25. The van der Waals surface area contributed by atoms with Gasteiger partial charge in [-0.15, -0.1) is 0 Å². The topological polar surface area (TPSA) is 39.2 Å². The number of furan rings is 1. The molecule has 1 unspecified atom stereocenters. The van der Waals surface area contributed by atoms with Crippen molar-refractivity contribution in [2.45, 2.75) is 13.0 Å². The van der Waals surface area contributed by atoms with Crippen molar-refractivity contribution in [2.75, 3.05) is 0 Å². The van der Waals surface area contributed by atoms with Crippen molar-refractivity contribution in [1.82, 2.24) is 0 Å². The van der Waals surface area contributed by atoms with Crippen molar-refractivity contribution >= 4 is 11.6 Å². The quantitative estimate of drug-likeness (QED) is 0.845. The van der Waals surface area contributed by atoms with Gasteiger partial charge in [-0.25, -0.2) is 0 Å². The summed E-state index contributed by atoms with van der Waals surface area (Å²) < 4.78 is 5.28. The number of nitrogens with two attached hydrogens (primary N) is 1. The lowest BCUT2D eigenvalue weighted by Gasteiger charge is -2.12. The van der Waals surface area contributed by atoms with Gasteiger partial charge in [0.1, 0.15) is 5.76 Å². The maximum absolute atomic E-state index is 6.07. The van der Waals surface area contributed by atoms with Crippen LogP contribution in [0.2, 0.25) is 5.02 Å². The minimum atomic E-state index is -0.225. The summed E-state index contributed by atoms with van der Waals surface area (Å²) in [6.07, 6.45) is 1.63. The minimum Gasteiger partial charge on any atom is -0.467 e. The molecule has 1 aromatic carbocycles. The Labute approximate surface area is 93.7 Å². The Morgan fingerprint density at radius 1 is 1.33 bits per heavy atom. The molecule has 1 atom stereocenters. The second-order valence-electron chi connectivity index (χ2n) is 3.49. The van der Waals surface area contributed by atoms with Crippen LogP contribution in [-0.2, 0) is 0 Å². The minimum absolute atomic E-state index is 0.225. The molecule has 0 saturated heterocycles. The average Bonchev–Trinajstić information content (AvgIpc) is 2.69. The molecule has 0 bridgehead atoms. The number of hydrogen-bond donors (Lipinski definition) is 1. The third-order valence-corrected chi connectivity index (χ3v) is 2.65. The van der Waals surface area contributed by atoms with E-state index in [0.29, 0.717) is 0 Å². The molecule has 2 nitrogen and oxygen atoms in total. The highest BCUT2D eigenvalue weighted by atomic mass is 35.5. The van der Waals surface area contributed by atoms with Crippen LogP contribution in [0.3, 0.4) is 0 Å². The molecule has 78 valence electrons. The molecule has 0 radical (unpaired) electrons. The number of halogens is 1. The molecule has 3 heteroatoms. The Bertz CT molecular complexity index is 451. The Morgan fingerprint density at radius 3 is 2.73 bits per heavy atom. The zero-order chi connectivity index (χ0) is 10.8. The summed E-state index contributed by atoms with van der Waals surface area (Å²) in [4.78, 5) is 0. The van der Waals surface area contributed by atoms with E-state index in [1.54, 1.807) is 6.26 Å². The summed E-state index contributed by atoms with van der Waals surface area (Å²) in [7, 11) is 0. The second kappa shape index (κ2) is 4.09. The first-order valence-electron chi connectivity index (χ1n) is 4.73. The highest BCUT2D eigenvalue weighted by molar-refractivity contribution is 6.30. The summed E-state index contributed by atoms with van der Waals surface area (Å²) in [5.41, 5.74) is 8.19. The van der Waals surface area contributed by atoms with Crippen LogP contribution in [0.1, 0.15) is 22.9 Å². The second-order valence-corrected chi connectivity index (χ2v) is 3.93. The zero-order valence-electron chi connectivity index (χ0n) is 8.41. The molecule has 15 heavy (non-hydrogen) atoms. The standard InChI is InChI=1S/C12H12ClNO/c1-8-7-9(13)4-5-10(8)12(14)11-3-2-6-15-11/h2-7,12H,14H2,1H3. The van der Waals surface area contributed by atoms with Gasteiger partial charge < -0.3 is 10.2 Å². The van der Waals surface area contributed by atoms with Gasteiger partial charge in [0.05, 0.1) is 12.3 Å². The Kier molecular flexibility index (Phi) is 2.80. The van der Waals surface area contributed by atoms with Crippen molar-refractivity contribution in [3.05, 3.63) is 58.5 Å². The smallest absolute Gasteiger partial charge is 0.125 e. The monoisotopic (exact) mass is 221 g/mol. The predicted octanol–water partition coefficient (Wildman–Crippen LogP) is 3.29. The van der Waals surface area contributed by atoms with E-state index < -0.39 is 0 Å². The van der Waals surface area contributed by atoms with E-state index in [4.69, 9.17) is 21.8 Å². The van der Waals surface area contributed by atoms with Crippen LogP contribution < -0.4 is 5.73 Å². The number of rotatable bonds is 2. The number of hydrogen-bond acceptors (Lipinski definition) is 2. The fourth-order valence-corrected chi connectivity index (χ4v) is 1.84.